The number of nitrogens with zero attached hydrogens (tertiary/aromatic N) is 2. The van der Waals surface area contributed by atoms with Gasteiger partial charge in [-0.1, -0.05) is 72.8 Å². The Bertz CT molecular complexity index is 2360. The summed E-state index contributed by atoms with van der Waals surface area (Å²) in [7, 11) is 0. The molecule has 2 aliphatic heterocycles. The number of aromatic hydroxyl groups is 2. The van der Waals surface area contributed by atoms with E-state index in [1.54, 1.807) is 60.7 Å². The Morgan fingerprint density at radius 2 is 1.16 bits per heavy atom. The summed E-state index contributed by atoms with van der Waals surface area (Å²) in [6.07, 6.45) is 0. The minimum atomic E-state index is -0.417. The molecular weight excluding hydrogens is 570 g/mol. The van der Waals surface area contributed by atoms with Gasteiger partial charge in [0.15, 0.2) is 11.7 Å². The van der Waals surface area contributed by atoms with Crippen molar-refractivity contribution < 1.29 is 11.6 Å². The van der Waals surface area contributed by atoms with E-state index in [4.69, 9.17) is 16.6 Å². The molecule has 6 aromatic rings. The fraction of sp³-hybridized carbons (Fsp3) is 0. The van der Waals surface area contributed by atoms with Crippen LogP contribution in [0, 0.1) is 10.8 Å². The van der Waals surface area contributed by atoms with E-state index in [2.05, 4.69) is 20.0 Å². The smallest absolute Gasteiger partial charge is 0.261 e. The number of aliphatic imine (C=N–C) groups is 2. The average molecular weight is 599 g/mol. The number of fused-ring (bicyclic) bond motifs is 4. The number of nitrogens with one attached hydrogen (secondary N) is 4. The molecule has 2 aromatic heterocycles. The molecule has 0 aliphatic carbocycles. The summed E-state index contributed by atoms with van der Waals surface area (Å²) >= 11 is 0. The Morgan fingerprint density at radius 1 is 0.644 bits per heavy atom. The van der Waals surface area contributed by atoms with Gasteiger partial charge in [0.2, 0.25) is 0 Å². The number of pyridine rings is 2. The van der Waals surface area contributed by atoms with Crippen molar-refractivity contribution in [3.8, 4) is 11.5 Å². The van der Waals surface area contributed by atoms with Crippen LogP contribution in [0.3, 0.4) is 0 Å². The Kier molecular flexibility index (Phi) is 7.33. The maximum atomic E-state index is 12.4. The van der Waals surface area contributed by atoms with E-state index in [9.17, 15) is 19.8 Å². The molecule has 0 radical (unpaired) electrons. The molecule has 222 valence electrons. The molecular formula is C34H27N7O4. The minimum Gasteiger partial charge on any atom is -0.507 e. The molecule has 11 heteroatoms. The maximum Gasteiger partial charge on any atom is 0.261 e. The van der Waals surface area contributed by atoms with Gasteiger partial charge in [-0.15, -0.1) is 0 Å². The molecule has 45 heavy (non-hydrogen) atoms. The number of nitrogens with two attached hydrogens (primary N) is 1. The molecule has 0 spiro atoms. The third-order valence-corrected chi connectivity index (χ3v) is 7.21. The first-order valence-electron chi connectivity index (χ1n) is 13.7. The van der Waals surface area contributed by atoms with E-state index in [0.29, 0.717) is 44.5 Å². The highest BCUT2D eigenvalue weighted by Gasteiger charge is 2.26. The highest BCUT2D eigenvalue weighted by atomic mass is 16.3. The van der Waals surface area contributed by atoms with Crippen LogP contribution >= 0.6 is 0 Å². The largest absolute Gasteiger partial charge is 0.507 e. The summed E-state index contributed by atoms with van der Waals surface area (Å²) in [4.78, 5) is 36.7. The van der Waals surface area contributed by atoms with Crippen LogP contribution < -0.4 is 16.9 Å². The number of rotatable bonds is 1. The fourth-order valence-corrected chi connectivity index (χ4v) is 5.10. The molecule has 11 nitrogen and oxygen atoms in total. The quantitative estimate of drug-likeness (QED) is 0.144. The molecule has 8 N–H and O–H groups in total. The Balaban J connectivity index is 0.000000147. The van der Waals surface area contributed by atoms with E-state index in [1.807, 2.05) is 36.4 Å². The van der Waals surface area contributed by atoms with Crippen LogP contribution in [0.15, 0.2) is 123 Å². The molecule has 4 heterocycles. The number of H-pyrrole nitrogens is 2. The number of amidine groups is 3. The fourth-order valence-electron chi connectivity index (χ4n) is 5.10. The first-order chi connectivity index (χ1) is 21.7. The molecule has 2 aliphatic rings. The molecule has 0 atom stereocenters. The van der Waals surface area contributed by atoms with Gasteiger partial charge in [0.1, 0.15) is 22.9 Å². The van der Waals surface area contributed by atoms with Crippen molar-refractivity contribution in [2.24, 2.45) is 15.7 Å². The second-order valence-electron chi connectivity index (χ2n) is 10.0. The highest BCUT2D eigenvalue weighted by Crippen LogP contribution is 2.30. The first-order valence-corrected chi connectivity index (χ1v) is 13.7. The van der Waals surface area contributed by atoms with Crippen molar-refractivity contribution in [3.63, 3.8) is 0 Å². The van der Waals surface area contributed by atoms with Gasteiger partial charge in [-0.25, -0.2) is 9.98 Å². The van der Waals surface area contributed by atoms with Gasteiger partial charge in [-0.3, -0.25) is 20.4 Å². The number of para-hydroxylation sites is 2. The van der Waals surface area contributed by atoms with E-state index in [0.717, 1.165) is 11.1 Å². The zero-order valence-electron chi connectivity index (χ0n) is 23.5. The number of hydrogen-bond donors (Lipinski definition) is 7. The highest BCUT2D eigenvalue weighted by molar-refractivity contribution is 6.29. The summed E-state index contributed by atoms with van der Waals surface area (Å²) in [6, 6.07) is 30.0. The lowest BCUT2D eigenvalue weighted by atomic mass is 9.99. The molecule has 0 bridgehead atoms. The van der Waals surface area contributed by atoms with Gasteiger partial charge in [0, 0.05) is 40.5 Å². The lowest BCUT2D eigenvalue weighted by molar-refractivity contribution is 0.479. The maximum absolute atomic E-state index is 12.4. The third-order valence-electron chi connectivity index (χ3n) is 7.21. The summed E-state index contributed by atoms with van der Waals surface area (Å²) in [6.45, 7) is 0. The molecule has 0 amide bonds. The summed E-state index contributed by atoms with van der Waals surface area (Å²) < 4.78 is 0. The predicted molar refractivity (Wildman–Crippen MR) is 177 cm³/mol. The molecule has 0 unspecified atom stereocenters. The predicted octanol–water partition coefficient (Wildman–Crippen LogP) is 4.62. The van der Waals surface area contributed by atoms with E-state index in [-0.39, 0.29) is 35.7 Å². The van der Waals surface area contributed by atoms with Crippen molar-refractivity contribution in [2.75, 3.05) is 0 Å². The molecule has 0 saturated carbocycles. The van der Waals surface area contributed by atoms with Crippen molar-refractivity contribution in [3.05, 3.63) is 152 Å². The van der Waals surface area contributed by atoms with Crippen molar-refractivity contribution in [1.29, 1.82) is 10.8 Å². The lowest BCUT2D eigenvalue weighted by Gasteiger charge is -2.08. The summed E-state index contributed by atoms with van der Waals surface area (Å²) in [5.41, 5.74) is 9.54. The van der Waals surface area contributed by atoms with Crippen LogP contribution in [0.5, 0.6) is 11.5 Å². The number of aromatic amines is 2. The van der Waals surface area contributed by atoms with Crippen molar-refractivity contribution in [1.82, 2.24) is 9.97 Å². The number of aromatic nitrogens is 2. The van der Waals surface area contributed by atoms with E-state index < -0.39 is 5.56 Å². The van der Waals surface area contributed by atoms with Crippen LogP contribution in [0.25, 0.3) is 21.8 Å². The van der Waals surface area contributed by atoms with Crippen LogP contribution in [0.1, 0.15) is 29.2 Å². The standard InChI is InChI=1S/C17H11N3O2.C9H7NO2.C8H7N3.H2/c18-16-10-6-2-1-5-9(10)14(20-16)13-15(21)11-7-3-4-8-12(11)19-17(13)22;11-8-5-9(12)10-7-4-2-1-3-6(7)8;9-7-5-3-1-2-4-6(5)8(10)11-7;/h1-8,18H,(H2,19,21,22);1-5H,(H2,10,11,12);1-4H,(H3,9,10,11);1H/i;;;1+1. The van der Waals surface area contributed by atoms with Crippen LogP contribution in [-0.4, -0.2) is 43.4 Å². The second kappa shape index (κ2) is 11.6. The summed E-state index contributed by atoms with van der Waals surface area (Å²) in [5.74, 6) is 0.721. The van der Waals surface area contributed by atoms with Crippen molar-refractivity contribution >= 4 is 45.0 Å². The van der Waals surface area contributed by atoms with Gasteiger partial charge in [0.25, 0.3) is 11.1 Å². The topological polar surface area (TPSA) is 205 Å². The Labute approximate surface area is 256 Å². The van der Waals surface area contributed by atoms with Crippen molar-refractivity contribution in [2.45, 2.75) is 0 Å². The van der Waals surface area contributed by atoms with Gasteiger partial charge < -0.3 is 25.9 Å². The van der Waals surface area contributed by atoms with E-state index in [1.165, 1.54) is 6.07 Å². The third kappa shape index (κ3) is 5.37. The van der Waals surface area contributed by atoms with Gasteiger partial charge in [-0.2, -0.15) is 0 Å². The Hall–Kier alpha value is -6.62. The lowest BCUT2D eigenvalue weighted by Crippen LogP contribution is -2.18. The SMILES string of the molecule is N=C1N=C(N)c2ccccc21.N=C1N=C(c2c(O)c3ccccc3[nH]c2=O)c2ccccc21.O=c1cc(O)c2ccccc2[nH]1.[2HH]. The zero-order chi connectivity index (χ0) is 31.7. The molecule has 4 aromatic carbocycles. The Morgan fingerprint density at radius 3 is 1.82 bits per heavy atom. The number of hydrogen-bond acceptors (Lipinski definition) is 7. The van der Waals surface area contributed by atoms with Crippen LogP contribution in [0.2, 0.25) is 0 Å². The monoisotopic (exact) mass is 598 g/mol. The van der Waals surface area contributed by atoms with Crippen LogP contribution in [0.4, 0.5) is 0 Å². The molecule has 0 fully saturated rings. The normalized spacial score (nSPS) is 12.8. The molecule has 0 saturated heterocycles. The van der Waals surface area contributed by atoms with Crippen LogP contribution in [-0.2, 0) is 0 Å². The number of benzene rings is 4. The van der Waals surface area contributed by atoms with Gasteiger partial charge >= 0.3 is 0 Å². The zero-order valence-corrected chi connectivity index (χ0v) is 23.5. The minimum absolute atomic E-state index is 0. The second-order valence-corrected chi connectivity index (χ2v) is 10.0. The van der Waals surface area contributed by atoms with Gasteiger partial charge in [0.05, 0.1) is 16.7 Å². The summed E-state index contributed by atoms with van der Waals surface area (Å²) in [5, 5.41) is 36.4. The first kappa shape index (κ1) is 28.5. The average Bonchev–Trinajstić information content (AvgIpc) is 3.52. The van der Waals surface area contributed by atoms with E-state index >= 15 is 0 Å². The molecule has 8 rings (SSSR count). The van der Waals surface area contributed by atoms with Gasteiger partial charge in [-0.05, 0) is 24.3 Å².